The highest BCUT2D eigenvalue weighted by Crippen LogP contribution is 2.30. The fourth-order valence-electron chi connectivity index (χ4n) is 5.02. The molecule has 0 radical (unpaired) electrons. The van der Waals surface area contributed by atoms with Gasteiger partial charge in [-0.3, -0.25) is 0 Å². The average Bonchev–Trinajstić information content (AvgIpc) is 3.58. The van der Waals surface area contributed by atoms with Crippen molar-refractivity contribution in [3.63, 3.8) is 0 Å². The highest BCUT2D eigenvalue weighted by atomic mass is 15.5. The molecule has 1 fully saturated rings. The first-order valence-electron chi connectivity index (χ1n) is 12.8. The lowest BCUT2D eigenvalue weighted by molar-refractivity contribution is 0.337. The van der Waals surface area contributed by atoms with Gasteiger partial charge in [-0.2, -0.15) is 5.10 Å². The fourth-order valence-corrected chi connectivity index (χ4v) is 5.02. The number of H-pyrrole nitrogens is 1. The number of hydrogen-bond acceptors (Lipinski definition) is 5. The number of rotatable bonds is 9. The second kappa shape index (κ2) is 11.2. The van der Waals surface area contributed by atoms with Gasteiger partial charge in [0.1, 0.15) is 5.82 Å². The van der Waals surface area contributed by atoms with Gasteiger partial charge in [-0.15, -0.1) is 5.10 Å². The Morgan fingerprint density at radius 2 is 1.80 bits per heavy atom. The highest BCUT2D eigenvalue weighted by Gasteiger charge is 2.16. The number of nitrogens with one attached hydrogen (secondary N) is 1. The summed E-state index contributed by atoms with van der Waals surface area (Å²) in [5.41, 5.74) is 4.43. The number of aromatic amines is 1. The zero-order valence-corrected chi connectivity index (χ0v) is 20.4. The van der Waals surface area contributed by atoms with E-state index in [9.17, 15) is 0 Å². The van der Waals surface area contributed by atoms with Crippen LogP contribution in [0.3, 0.4) is 0 Å². The van der Waals surface area contributed by atoms with Gasteiger partial charge in [-0.25, -0.2) is 14.8 Å². The van der Waals surface area contributed by atoms with Crippen molar-refractivity contribution in [1.82, 2.24) is 35.4 Å². The third-order valence-corrected chi connectivity index (χ3v) is 6.96. The molecule has 7 nitrogen and oxygen atoms in total. The minimum absolute atomic E-state index is 0.669. The zero-order chi connectivity index (χ0) is 23.9. The molecule has 0 aliphatic heterocycles. The number of hydrogen-bond donors (Lipinski definition) is 1. The monoisotopic (exact) mass is 467 g/mol. The molecule has 2 aromatic carbocycles. The van der Waals surface area contributed by atoms with Gasteiger partial charge in [0.05, 0.1) is 6.54 Å². The largest absolute Gasteiger partial charge is 0.246 e. The first kappa shape index (κ1) is 23.1. The Labute approximate surface area is 206 Å². The summed E-state index contributed by atoms with van der Waals surface area (Å²) in [4.78, 5) is 4.96. The minimum Gasteiger partial charge on any atom is -0.246 e. The van der Waals surface area contributed by atoms with Crippen molar-refractivity contribution in [2.45, 2.75) is 64.8 Å². The molecule has 1 aliphatic rings. The van der Waals surface area contributed by atoms with E-state index in [1.807, 2.05) is 25.1 Å². The van der Waals surface area contributed by atoms with Gasteiger partial charge in [0.15, 0.2) is 11.6 Å². The Morgan fingerprint density at radius 1 is 1.00 bits per heavy atom. The summed E-state index contributed by atoms with van der Waals surface area (Å²) < 4.78 is 2.07. The lowest BCUT2D eigenvalue weighted by Crippen LogP contribution is -2.08. The van der Waals surface area contributed by atoms with E-state index in [4.69, 9.17) is 10.1 Å². The SMILES string of the molecule is C/C=C/Cn1nc(CCC2CCCCC2)nc1Cc1ccc(-c2ccccc2-c2nnn[nH]2)cc1. The summed E-state index contributed by atoms with van der Waals surface area (Å²) in [6.45, 7) is 2.81. The van der Waals surface area contributed by atoms with E-state index < -0.39 is 0 Å². The molecule has 1 aliphatic carbocycles. The van der Waals surface area contributed by atoms with E-state index in [2.05, 4.69) is 67.8 Å². The molecule has 1 saturated carbocycles. The first-order chi connectivity index (χ1) is 17.3. The normalized spacial score (nSPS) is 14.7. The predicted molar refractivity (Wildman–Crippen MR) is 138 cm³/mol. The molecule has 0 atom stereocenters. The number of allylic oxidation sites excluding steroid dienone is 2. The van der Waals surface area contributed by atoms with Crippen LogP contribution in [0.2, 0.25) is 0 Å². The van der Waals surface area contributed by atoms with E-state index in [1.165, 1.54) is 44.1 Å². The van der Waals surface area contributed by atoms with E-state index in [-0.39, 0.29) is 0 Å². The molecule has 0 unspecified atom stereocenters. The third-order valence-electron chi connectivity index (χ3n) is 6.96. The predicted octanol–water partition coefficient (Wildman–Crippen LogP) is 5.81. The average molecular weight is 468 g/mol. The second-order valence-electron chi connectivity index (χ2n) is 9.41. The zero-order valence-electron chi connectivity index (χ0n) is 20.4. The van der Waals surface area contributed by atoms with Crippen LogP contribution in [0.5, 0.6) is 0 Å². The molecule has 35 heavy (non-hydrogen) atoms. The summed E-state index contributed by atoms with van der Waals surface area (Å²) in [6, 6.07) is 16.9. The maximum atomic E-state index is 4.96. The minimum atomic E-state index is 0.669. The van der Waals surface area contributed by atoms with Crippen molar-refractivity contribution in [1.29, 1.82) is 0 Å². The van der Waals surface area contributed by atoms with Crippen LogP contribution in [-0.4, -0.2) is 35.4 Å². The lowest BCUT2D eigenvalue weighted by Gasteiger charge is -2.20. The quantitative estimate of drug-likeness (QED) is 0.314. The van der Waals surface area contributed by atoms with E-state index in [0.29, 0.717) is 5.82 Å². The van der Waals surface area contributed by atoms with Gasteiger partial charge >= 0.3 is 0 Å². The van der Waals surface area contributed by atoms with Crippen LogP contribution in [0, 0.1) is 5.92 Å². The summed E-state index contributed by atoms with van der Waals surface area (Å²) in [7, 11) is 0. The number of tetrazole rings is 1. The Morgan fingerprint density at radius 3 is 2.54 bits per heavy atom. The van der Waals surface area contributed by atoms with Crippen molar-refractivity contribution >= 4 is 0 Å². The molecule has 180 valence electrons. The lowest BCUT2D eigenvalue weighted by atomic mass is 9.86. The van der Waals surface area contributed by atoms with Crippen molar-refractivity contribution in [2.75, 3.05) is 0 Å². The fraction of sp³-hybridized carbons (Fsp3) is 0.393. The molecule has 0 saturated heterocycles. The van der Waals surface area contributed by atoms with E-state index in [0.717, 1.165) is 53.6 Å². The molecule has 2 aromatic heterocycles. The van der Waals surface area contributed by atoms with Gasteiger partial charge in [0.25, 0.3) is 0 Å². The van der Waals surface area contributed by atoms with Crippen LogP contribution in [0.4, 0.5) is 0 Å². The Kier molecular flexibility index (Phi) is 7.41. The topological polar surface area (TPSA) is 85.2 Å². The third kappa shape index (κ3) is 5.73. The molecule has 5 rings (SSSR count). The van der Waals surface area contributed by atoms with E-state index >= 15 is 0 Å². The van der Waals surface area contributed by atoms with Gasteiger partial charge in [-0.05, 0) is 46.4 Å². The Hall–Kier alpha value is -3.61. The van der Waals surface area contributed by atoms with Crippen LogP contribution < -0.4 is 0 Å². The highest BCUT2D eigenvalue weighted by molar-refractivity contribution is 5.80. The van der Waals surface area contributed by atoms with Gasteiger partial charge in [0.2, 0.25) is 0 Å². The maximum Gasteiger partial charge on any atom is 0.180 e. The van der Waals surface area contributed by atoms with Gasteiger partial charge in [-0.1, -0.05) is 92.8 Å². The molecule has 0 bridgehead atoms. The second-order valence-corrected chi connectivity index (χ2v) is 9.41. The number of aryl methyl sites for hydroxylation is 1. The molecule has 0 amide bonds. The summed E-state index contributed by atoms with van der Waals surface area (Å²) in [5, 5.41) is 19.3. The molecular formula is C28H33N7. The van der Waals surface area contributed by atoms with Crippen LogP contribution in [0.25, 0.3) is 22.5 Å². The van der Waals surface area contributed by atoms with Crippen molar-refractivity contribution in [3.05, 3.63) is 77.9 Å². The van der Waals surface area contributed by atoms with Crippen molar-refractivity contribution < 1.29 is 0 Å². The Balaban J connectivity index is 1.32. The van der Waals surface area contributed by atoms with Crippen LogP contribution in [0.1, 0.15) is 62.7 Å². The molecule has 1 N–H and O–H groups in total. The standard InChI is InChI=1S/C28H33N7/c1-2-3-19-35-27(29-26(32-35)18-15-21-9-5-4-6-10-21)20-22-13-16-23(17-14-22)24-11-7-8-12-25(24)28-30-33-34-31-28/h2-3,7-8,11-14,16-17,21H,4-6,9-10,15,18-20H2,1H3,(H,30,31,33,34)/b3-2+. The molecule has 4 aromatic rings. The summed E-state index contributed by atoms with van der Waals surface area (Å²) in [6.07, 6.45) is 14.1. The van der Waals surface area contributed by atoms with Crippen LogP contribution in [0.15, 0.2) is 60.7 Å². The maximum absolute atomic E-state index is 4.96. The van der Waals surface area contributed by atoms with Gasteiger partial charge < -0.3 is 0 Å². The summed E-state index contributed by atoms with van der Waals surface area (Å²) in [5.74, 6) is 3.53. The first-order valence-corrected chi connectivity index (χ1v) is 12.8. The Bertz CT molecular complexity index is 1230. The van der Waals surface area contributed by atoms with Crippen molar-refractivity contribution in [3.8, 4) is 22.5 Å². The molecule has 7 heteroatoms. The van der Waals surface area contributed by atoms with E-state index in [1.54, 1.807) is 0 Å². The number of benzene rings is 2. The molecular weight excluding hydrogens is 434 g/mol. The number of nitrogens with zero attached hydrogens (tertiary/aromatic N) is 6. The van der Waals surface area contributed by atoms with Gasteiger partial charge in [0, 0.05) is 18.4 Å². The smallest absolute Gasteiger partial charge is 0.180 e. The number of aromatic nitrogens is 7. The summed E-state index contributed by atoms with van der Waals surface area (Å²) >= 11 is 0. The van der Waals surface area contributed by atoms with Crippen LogP contribution >= 0.6 is 0 Å². The van der Waals surface area contributed by atoms with Crippen LogP contribution in [-0.2, 0) is 19.4 Å². The molecule has 0 spiro atoms. The van der Waals surface area contributed by atoms with Crippen molar-refractivity contribution in [2.24, 2.45) is 5.92 Å². The molecule has 2 heterocycles.